The lowest BCUT2D eigenvalue weighted by Gasteiger charge is -2.20. The average molecular weight is 583 g/mol. The maximum Gasteiger partial charge on any atom is 0.479 e. The SMILES string of the molecule is Nc1ncnc2c1ncn2[C@@H]1O[C@H](COP(=O)(O)OP(=O)(O)CP(=O)(O)CP(=O)(O)O)[C@@H](O)[C@H]1O. The molecule has 1 aliphatic heterocycles. The molecule has 1 aliphatic rings. The molecule has 19 nitrogen and oxygen atoms in total. The lowest BCUT2D eigenvalue weighted by molar-refractivity contribution is -0.0501. The Labute approximate surface area is 195 Å². The zero-order valence-electron chi connectivity index (χ0n) is 17.2. The number of nitrogens with zero attached hydrogens (tertiary/aromatic N) is 4. The second-order valence-electron chi connectivity index (χ2n) is 7.41. The number of aliphatic hydroxyl groups excluding tert-OH is 2. The molecule has 9 N–H and O–H groups in total. The van der Waals surface area contributed by atoms with Crippen LogP contribution >= 0.6 is 30.4 Å². The van der Waals surface area contributed by atoms with E-state index in [1.54, 1.807) is 0 Å². The lowest BCUT2D eigenvalue weighted by Crippen LogP contribution is -2.33. The molecule has 0 aromatic carbocycles. The molecule has 3 heterocycles. The number of aliphatic hydroxyl groups is 2. The van der Waals surface area contributed by atoms with Gasteiger partial charge in [-0.2, -0.15) is 0 Å². The monoisotopic (exact) mass is 583 g/mol. The molecule has 1 fully saturated rings. The fourth-order valence-electron chi connectivity index (χ4n) is 3.14. The van der Waals surface area contributed by atoms with Gasteiger partial charge in [-0.25, -0.2) is 23.8 Å². The van der Waals surface area contributed by atoms with Gasteiger partial charge in [0, 0.05) is 0 Å². The van der Waals surface area contributed by atoms with Gasteiger partial charge in [-0.05, 0) is 0 Å². The number of ether oxygens (including phenoxy) is 1. The molecule has 2 aromatic heterocycles. The minimum atomic E-state index is -5.44. The molecule has 0 amide bonds. The molecule has 23 heteroatoms. The number of hydrogen-bond donors (Lipinski definition) is 8. The van der Waals surface area contributed by atoms with Crippen LogP contribution in [0, 0.1) is 0 Å². The smallest absolute Gasteiger partial charge is 0.387 e. The van der Waals surface area contributed by atoms with Crippen molar-refractivity contribution in [3.8, 4) is 0 Å². The summed E-state index contributed by atoms with van der Waals surface area (Å²) in [5.74, 6) is -3.38. The van der Waals surface area contributed by atoms with E-state index in [0.29, 0.717) is 0 Å². The fraction of sp³-hybridized carbons (Fsp3) is 0.583. The average Bonchev–Trinajstić information content (AvgIpc) is 3.19. The fourth-order valence-corrected chi connectivity index (χ4v) is 11.3. The van der Waals surface area contributed by atoms with Crippen molar-refractivity contribution in [1.82, 2.24) is 19.5 Å². The third kappa shape index (κ3) is 7.22. The summed E-state index contributed by atoms with van der Waals surface area (Å²) in [6.07, 6.45) is -3.80. The summed E-state index contributed by atoms with van der Waals surface area (Å²) in [6, 6.07) is 0. The normalized spacial score (nSPS) is 28.4. The summed E-state index contributed by atoms with van der Waals surface area (Å²) in [4.78, 5) is 58.1. The number of phosphoric ester groups is 1. The van der Waals surface area contributed by atoms with Gasteiger partial charge in [-0.1, -0.05) is 0 Å². The quantitative estimate of drug-likeness (QED) is 0.151. The predicted octanol–water partition coefficient (Wildman–Crippen LogP) is -1.29. The van der Waals surface area contributed by atoms with E-state index in [1.807, 2.05) is 0 Å². The third-order valence-electron chi connectivity index (χ3n) is 4.44. The molecule has 3 rings (SSSR count). The van der Waals surface area contributed by atoms with E-state index >= 15 is 0 Å². The predicted molar refractivity (Wildman–Crippen MR) is 114 cm³/mol. The van der Waals surface area contributed by atoms with E-state index < -0.39 is 73.3 Å². The maximum absolute atomic E-state index is 12.1. The molecule has 0 spiro atoms. The van der Waals surface area contributed by atoms with Gasteiger partial charge in [-0.3, -0.25) is 22.8 Å². The first-order chi connectivity index (χ1) is 15.9. The van der Waals surface area contributed by atoms with Gasteiger partial charge in [0.25, 0.3) is 0 Å². The Balaban J connectivity index is 1.65. The summed E-state index contributed by atoms with van der Waals surface area (Å²) >= 11 is 0. The van der Waals surface area contributed by atoms with E-state index in [-0.39, 0.29) is 17.0 Å². The van der Waals surface area contributed by atoms with E-state index in [2.05, 4.69) is 23.8 Å². The highest BCUT2D eigenvalue weighted by Crippen LogP contribution is 2.68. The number of fused-ring (bicyclic) bond motifs is 1. The van der Waals surface area contributed by atoms with Crippen LogP contribution in [-0.2, 0) is 31.8 Å². The molecule has 0 saturated carbocycles. The molecule has 0 bridgehead atoms. The van der Waals surface area contributed by atoms with Gasteiger partial charge in [-0.15, -0.1) is 0 Å². The van der Waals surface area contributed by atoms with Crippen molar-refractivity contribution in [2.24, 2.45) is 0 Å². The number of nitrogens with two attached hydrogens (primary N) is 1. The Morgan fingerprint density at radius 1 is 1.00 bits per heavy atom. The van der Waals surface area contributed by atoms with Gasteiger partial charge >= 0.3 is 23.0 Å². The van der Waals surface area contributed by atoms with E-state index in [4.69, 9.17) is 20.3 Å². The molecule has 35 heavy (non-hydrogen) atoms. The highest BCUT2D eigenvalue weighted by atomic mass is 31.3. The van der Waals surface area contributed by atoms with Crippen LogP contribution in [0.5, 0.6) is 0 Å². The van der Waals surface area contributed by atoms with Crippen molar-refractivity contribution in [3.63, 3.8) is 0 Å². The largest absolute Gasteiger partial charge is 0.479 e. The Morgan fingerprint density at radius 2 is 1.66 bits per heavy atom. The standard InChI is InChI=1S/C12H21N5O14P4/c13-10-7-11(15-2-14-10)17(3-16-7)12-9(19)8(18)6(30-12)1-29-35(27,28)31-34(25,26)5-32(20,21)4-33(22,23)24/h2-3,6,8-9,12,18-19H,1,4-5H2,(H,20,21)(H,25,26)(H,27,28)(H2,13,14,15)(H2,22,23,24)/t6-,8-,9-,12-/m1/s1. The van der Waals surface area contributed by atoms with Crippen LogP contribution in [0.2, 0.25) is 0 Å². The van der Waals surface area contributed by atoms with Gasteiger partial charge < -0.3 is 45.2 Å². The summed E-state index contributed by atoms with van der Waals surface area (Å²) < 4.78 is 61.9. The van der Waals surface area contributed by atoms with Gasteiger partial charge in [0.1, 0.15) is 42.0 Å². The van der Waals surface area contributed by atoms with E-state index in [1.165, 1.54) is 10.9 Å². The maximum atomic E-state index is 12.1. The Hall–Kier alpha value is -1.13. The Bertz CT molecular complexity index is 1280. The number of imidazole rings is 1. The van der Waals surface area contributed by atoms with Gasteiger partial charge in [0.2, 0.25) is 7.37 Å². The summed E-state index contributed by atoms with van der Waals surface area (Å²) in [5, 5.41) is 20.6. The Kier molecular flexibility index (Phi) is 8.10. The van der Waals surface area contributed by atoms with Crippen LogP contribution < -0.4 is 5.73 Å². The number of aromatic nitrogens is 4. The topological polar surface area (TPSA) is 307 Å². The highest BCUT2D eigenvalue weighted by Gasteiger charge is 2.47. The van der Waals surface area contributed by atoms with Crippen LogP contribution in [0.3, 0.4) is 0 Å². The first-order valence-electron chi connectivity index (χ1n) is 9.20. The minimum absolute atomic E-state index is 0.0293. The van der Waals surface area contributed by atoms with Crippen LogP contribution in [0.1, 0.15) is 6.23 Å². The van der Waals surface area contributed by atoms with Crippen molar-refractivity contribution in [3.05, 3.63) is 12.7 Å². The molecule has 7 atom stereocenters. The van der Waals surface area contributed by atoms with E-state index in [9.17, 15) is 43.2 Å². The van der Waals surface area contributed by atoms with Crippen molar-refractivity contribution >= 4 is 47.4 Å². The number of nitrogen functional groups attached to an aromatic ring is 1. The second kappa shape index (κ2) is 9.97. The Morgan fingerprint density at radius 3 is 2.29 bits per heavy atom. The first kappa shape index (κ1) is 28.4. The molecular weight excluding hydrogens is 562 g/mol. The molecule has 1 saturated heterocycles. The minimum Gasteiger partial charge on any atom is -0.387 e. The van der Waals surface area contributed by atoms with Crippen LogP contribution in [0.4, 0.5) is 5.82 Å². The molecule has 3 unspecified atom stereocenters. The third-order valence-corrected chi connectivity index (χ3v) is 13.2. The molecular formula is C12H21N5O14P4. The lowest BCUT2D eigenvalue weighted by atomic mass is 10.1. The summed E-state index contributed by atoms with van der Waals surface area (Å²) in [6.45, 7) is -0.967. The summed E-state index contributed by atoms with van der Waals surface area (Å²) in [7, 11) is -20.8. The van der Waals surface area contributed by atoms with Crippen molar-refractivity contribution in [2.45, 2.75) is 24.5 Å². The van der Waals surface area contributed by atoms with Gasteiger partial charge in [0.15, 0.2) is 17.7 Å². The zero-order valence-corrected chi connectivity index (χ0v) is 20.8. The molecule has 0 aliphatic carbocycles. The van der Waals surface area contributed by atoms with Crippen LogP contribution in [-0.4, -0.2) is 90.9 Å². The van der Waals surface area contributed by atoms with Crippen LogP contribution in [0.15, 0.2) is 12.7 Å². The number of rotatable bonds is 10. The first-order valence-corrected chi connectivity index (χ1v) is 16.3. The molecule has 198 valence electrons. The van der Waals surface area contributed by atoms with E-state index in [0.717, 1.165) is 6.33 Å². The zero-order chi connectivity index (χ0) is 26.4. The molecule has 2 aromatic rings. The van der Waals surface area contributed by atoms with Crippen molar-refractivity contribution in [1.29, 1.82) is 0 Å². The van der Waals surface area contributed by atoms with Crippen molar-refractivity contribution < 1.29 is 66.5 Å². The van der Waals surface area contributed by atoms with Crippen molar-refractivity contribution in [2.75, 3.05) is 24.1 Å². The number of anilines is 1. The van der Waals surface area contributed by atoms with Crippen LogP contribution in [0.25, 0.3) is 11.2 Å². The highest BCUT2D eigenvalue weighted by molar-refractivity contribution is 7.81. The second-order valence-corrected chi connectivity index (χ2v) is 15.8. The van der Waals surface area contributed by atoms with Gasteiger partial charge in [0.05, 0.1) is 12.9 Å². The number of phosphoric acid groups is 1. The number of hydrogen-bond acceptors (Lipinski definition) is 13. The summed E-state index contributed by atoms with van der Waals surface area (Å²) in [5.41, 5.74) is 5.99. The molecule has 0 radical (unpaired) electrons.